The number of hydrogen-bond acceptors (Lipinski definition) is 4. The number of H-pyrrole nitrogens is 1. The molecule has 128 valence electrons. The van der Waals surface area contributed by atoms with Crippen LogP contribution < -0.4 is 0 Å². The third-order valence-corrected chi connectivity index (χ3v) is 5.21. The number of nitrogens with one attached hydrogen (secondary N) is 1. The van der Waals surface area contributed by atoms with Gasteiger partial charge in [-0.05, 0) is 70.7 Å². The summed E-state index contributed by atoms with van der Waals surface area (Å²) in [6.45, 7) is 3.28. The number of nitrogens with zero attached hydrogens (tertiary/aromatic N) is 3. The van der Waals surface area contributed by atoms with Crippen molar-refractivity contribution < 1.29 is 4.42 Å². The molecule has 0 unspecified atom stereocenters. The molecular weight excluding hydrogens is 300 g/mol. The molecule has 1 N–H and O–H groups in total. The van der Waals surface area contributed by atoms with E-state index in [9.17, 15) is 0 Å². The van der Waals surface area contributed by atoms with Crippen LogP contribution in [0.4, 0.5) is 0 Å². The summed E-state index contributed by atoms with van der Waals surface area (Å²) >= 11 is 0. The van der Waals surface area contributed by atoms with Gasteiger partial charge in [0.2, 0.25) is 0 Å². The fraction of sp³-hybridized carbons (Fsp3) is 0.526. The molecule has 5 nitrogen and oxygen atoms in total. The van der Waals surface area contributed by atoms with Crippen LogP contribution in [0.3, 0.4) is 0 Å². The number of fused-ring (bicyclic) bond motifs is 3. The van der Waals surface area contributed by atoms with E-state index in [0.29, 0.717) is 5.92 Å². The third-order valence-electron chi connectivity index (χ3n) is 5.21. The predicted molar refractivity (Wildman–Crippen MR) is 97.6 cm³/mol. The maximum Gasteiger partial charge on any atom is 0.196 e. The van der Waals surface area contributed by atoms with Gasteiger partial charge in [-0.15, -0.1) is 0 Å². The number of benzene rings is 1. The quantitative estimate of drug-likeness (QED) is 0.800. The molecule has 24 heavy (non-hydrogen) atoms. The van der Waals surface area contributed by atoms with Crippen LogP contribution in [0.2, 0.25) is 0 Å². The predicted octanol–water partition coefficient (Wildman–Crippen LogP) is 3.22. The normalized spacial score (nSPS) is 17.5. The lowest BCUT2D eigenvalue weighted by Gasteiger charge is -2.28. The first-order chi connectivity index (χ1) is 11.6. The van der Waals surface area contributed by atoms with Crippen LogP contribution >= 0.6 is 0 Å². The zero-order valence-electron chi connectivity index (χ0n) is 14.8. The average Bonchev–Trinajstić information content (AvgIpc) is 3.16. The van der Waals surface area contributed by atoms with Crippen molar-refractivity contribution in [2.75, 3.05) is 40.8 Å². The number of oxazole rings is 1. The van der Waals surface area contributed by atoms with Crippen LogP contribution in [0.25, 0.3) is 22.0 Å². The van der Waals surface area contributed by atoms with Crippen molar-refractivity contribution in [3.8, 4) is 0 Å². The van der Waals surface area contributed by atoms with Gasteiger partial charge in [0, 0.05) is 30.1 Å². The second-order valence-corrected chi connectivity index (χ2v) is 7.32. The minimum absolute atomic E-state index is 0.613. The second-order valence-electron chi connectivity index (χ2n) is 7.32. The molecule has 1 aliphatic rings. The Kier molecular flexibility index (Phi) is 4.06. The molecule has 0 saturated carbocycles. The molecule has 0 bridgehead atoms. The molecule has 1 aromatic carbocycles. The highest BCUT2D eigenvalue weighted by atomic mass is 16.3. The average molecular weight is 326 g/mol. The summed E-state index contributed by atoms with van der Waals surface area (Å²) < 4.78 is 6.00. The topological polar surface area (TPSA) is 48.3 Å². The van der Waals surface area contributed by atoms with Crippen molar-refractivity contribution in [3.05, 3.63) is 29.8 Å². The molecule has 0 atom stereocenters. The van der Waals surface area contributed by atoms with Gasteiger partial charge in [-0.1, -0.05) is 0 Å². The Hall–Kier alpha value is -1.85. The number of likely N-dealkylation sites (N-methyl/N-ethyl adjacent to an activating group) is 1. The summed E-state index contributed by atoms with van der Waals surface area (Å²) in [5, 5.41) is 1.27. The van der Waals surface area contributed by atoms with Crippen molar-refractivity contribution >= 4 is 22.0 Å². The minimum Gasteiger partial charge on any atom is -0.441 e. The maximum absolute atomic E-state index is 6.00. The number of rotatable bonds is 4. The molecular formula is C19H26N4O. The fourth-order valence-electron chi connectivity index (χ4n) is 3.75. The highest BCUT2D eigenvalue weighted by Crippen LogP contribution is 2.36. The standard InChI is InChI=1S/C19H26N4O/c1-22(2)9-8-17-21-19-16(24-17)5-4-15-18(19)14(12-20-15)13-6-10-23(3)11-7-13/h4-5,12-13,20H,6-11H2,1-3H3. The third kappa shape index (κ3) is 2.82. The van der Waals surface area contributed by atoms with Crippen LogP contribution in [0.15, 0.2) is 22.7 Å². The Morgan fingerprint density at radius 3 is 2.83 bits per heavy atom. The SMILES string of the molecule is CN(C)CCc1nc2c(ccc3[nH]cc(C4CCN(C)CC4)c32)o1. The van der Waals surface area contributed by atoms with E-state index in [1.807, 2.05) is 6.07 Å². The van der Waals surface area contributed by atoms with Gasteiger partial charge in [-0.2, -0.15) is 0 Å². The minimum atomic E-state index is 0.613. The molecule has 0 amide bonds. The molecule has 1 saturated heterocycles. The highest BCUT2D eigenvalue weighted by Gasteiger charge is 2.23. The molecule has 0 radical (unpaired) electrons. The largest absolute Gasteiger partial charge is 0.441 e. The molecule has 0 aliphatic carbocycles. The van der Waals surface area contributed by atoms with E-state index in [1.54, 1.807) is 0 Å². The molecule has 5 heteroatoms. The van der Waals surface area contributed by atoms with Gasteiger partial charge >= 0.3 is 0 Å². The lowest BCUT2D eigenvalue weighted by atomic mass is 9.89. The van der Waals surface area contributed by atoms with E-state index in [2.05, 4.69) is 48.2 Å². The first-order valence-corrected chi connectivity index (χ1v) is 8.84. The van der Waals surface area contributed by atoms with Gasteiger partial charge in [0.25, 0.3) is 0 Å². The molecule has 3 aromatic rings. The van der Waals surface area contributed by atoms with Gasteiger partial charge in [0.05, 0.1) is 0 Å². The lowest BCUT2D eigenvalue weighted by molar-refractivity contribution is 0.256. The molecule has 1 aliphatic heterocycles. The number of piperidine rings is 1. The van der Waals surface area contributed by atoms with Gasteiger partial charge in [-0.3, -0.25) is 0 Å². The summed E-state index contributed by atoms with van der Waals surface area (Å²) in [5.41, 5.74) is 4.52. The number of aromatic amines is 1. The molecule has 0 spiro atoms. The Balaban J connectivity index is 1.74. The molecule has 4 rings (SSSR count). The first-order valence-electron chi connectivity index (χ1n) is 8.84. The number of likely N-dealkylation sites (tertiary alicyclic amines) is 1. The Morgan fingerprint density at radius 2 is 2.08 bits per heavy atom. The first kappa shape index (κ1) is 15.7. The Labute approximate surface area is 142 Å². The zero-order chi connectivity index (χ0) is 16.7. The van der Waals surface area contributed by atoms with Crippen molar-refractivity contribution in [1.82, 2.24) is 19.8 Å². The fourth-order valence-corrected chi connectivity index (χ4v) is 3.75. The molecule has 1 fully saturated rings. The highest BCUT2D eigenvalue weighted by molar-refractivity contribution is 6.04. The van der Waals surface area contributed by atoms with Crippen molar-refractivity contribution in [2.24, 2.45) is 0 Å². The van der Waals surface area contributed by atoms with Gasteiger partial charge < -0.3 is 19.2 Å². The smallest absolute Gasteiger partial charge is 0.196 e. The van der Waals surface area contributed by atoms with E-state index in [4.69, 9.17) is 9.40 Å². The van der Waals surface area contributed by atoms with Gasteiger partial charge in [0.1, 0.15) is 5.52 Å². The number of hydrogen-bond donors (Lipinski definition) is 1. The van der Waals surface area contributed by atoms with E-state index in [1.165, 1.54) is 42.4 Å². The summed E-state index contributed by atoms with van der Waals surface area (Å²) in [5.74, 6) is 1.45. The van der Waals surface area contributed by atoms with Crippen molar-refractivity contribution in [1.29, 1.82) is 0 Å². The van der Waals surface area contributed by atoms with Gasteiger partial charge in [0.15, 0.2) is 11.5 Å². The summed E-state index contributed by atoms with van der Waals surface area (Å²) in [7, 11) is 6.36. The van der Waals surface area contributed by atoms with E-state index in [0.717, 1.165) is 30.0 Å². The maximum atomic E-state index is 6.00. The van der Waals surface area contributed by atoms with E-state index >= 15 is 0 Å². The summed E-state index contributed by atoms with van der Waals surface area (Å²) in [4.78, 5) is 12.8. The Morgan fingerprint density at radius 1 is 1.29 bits per heavy atom. The monoisotopic (exact) mass is 326 g/mol. The van der Waals surface area contributed by atoms with Crippen LogP contribution in [0, 0.1) is 0 Å². The second kappa shape index (κ2) is 6.22. The van der Waals surface area contributed by atoms with E-state index in [-0.39, 0.29) is 0 Å². The zero-order valence-corrected chi connectivity index (χ0v) is 14.8. The van der Waals surface area contributed by atoms with Crippen LogP contribution in [-0.4, -0.2) is 60.5 Å². The molecule has 2 aromatic heterocycles. The summed E-state index contributed by atoms with van der Waals surface area (Å²) in [6, 6.07) is 4.16. The van der Waals surface area contributed by atoms with Crippen LogP contribution in [0.1, 0.15) is 30.2 Å². The van der Waals surface area contributed by atoms with Crippen molar-refractivity contribution in [2.45, 2.75) is 25.2 Å². The van der Waals surface area contributed by atoms with E-state index < -0.39 is 0 Å². The van der Waals surface area contributed by atoms with Crippen molar-refractivity contribution in [3.63, 3.8) is 0 Å². The number of aromatic nitrogens is 2. The lowest BCUT2D eigenvalue weighted by Crippen LogP contribution is -2.29. The van der Waals surface area contributed by atoms with Gasteiger partial charge in [-0.25, -0.2) is 4.98 Å². The molecule has 3 heterocycles. The summed E-state index contributed by atoms with van der Waals surface area (Å²) in [6.07, 6.45) is 5.46. The van der Waals surface area contributed by atoms with Crippen LogP contribution in [0.5, 0.6) is 0 Å². The van der Waals surface area contributed by atoms with Crippen LogP contribution in [-0.2, 0) is 6.42 Å². The Bertz CT molecular complexity index is 840.